The van der Waals surface area contributed by atoms with Gasteiger partial charge in [0.15, 0.2) is 11.5 Å². The number of halogens is 1. The fourth-order valence-electron chi connectivity index (χ4n) is 1.66. The van der Waals surface area contributed by atoms with E-state index in [2.05, 4.69) is 21.2 Å². The summed E-state index contributed by atoms with van der Waals surface area (Å²) in [6.07, 6.45) is 0. The zero-order chi connectivity index (χ0) is 13.8. The lowest BCUT2D eigenvalue weighted by Crippen LogP contribution is -2.13. The highest BCUT2D eigenvalue weighted by Gasteiger charge is 2.14. The van der Waals surface area contributed by atoms with Gasteiger partial charge in [0, 0.05) is 11.0 Å². The van der Waals surface area contributed by atoms with Gasteiger partial charge in [-0.2, -0.15) is 0 Å². The summed E-state index contributed by atoms with van der Waals surface area (Å²) in [6.45, 7) is 0. The summed E-state index contributed by atoms with van der Waals surface area (Å²) in [7, 11) is 0. The Labute approximate surface area is 118 Å². The Morgan fingerprint density at radius 3 is 2.58 bits per heavy atom. The van der Waals surface area contributed by atoms with E-state index in [1.54, 1.807) is 6.07 Å². The van der Waals surface area contributed by atoms with Gasteiger partial charge >= 0.3 is 0 Å². The van der Waals surface area contributed by atoms with E-state index in [1.807, 2.05) is 18.2 Å². The molecule has 0 aliphatic rings. The van der Waals surface area contributed by atoms with Crippen LogP contribution in [0.25, 0.3) is 0 Å². The smallest absolute Gasteiger partial charge is 0.259 e. The van der Waals surface area contributed by atoms with E-state index >= 15 is 0 Å². The van der Waals surface area contributed by atoms with Crippen LogP contribution in [0.15, 0.2) is 42.5 Å². The molecule has 0 unspecified atom stereocenters. The monoisotopic (exact) mass is 321 g/mol. The van der Waals surface area contributed by atoms with Crippen molar-refractivity contribution in [1.29, 1.82) is 0 Å². The quantitative estimate of drug-likeness (QED) is 0.600. The van der Waals surface area contributed by atoms with Crippen molar-refractivity contribution in [2.45, 2.75) is 5.33 Å². The minimum Gasteiger partial charge on any atom is -0.504 e. The molecule has 0 radical (unpaired) electrons. The molecule has 2 aromatic carbocycles. The SMILES string of the molecule is O=C(Nc1ccccc1CBr)c1cccc(O)c1O. The molecule has 2 rings (SSSR count). The molecule has 3 N–H and O–H groups in total. The topological polar surface area (TPSA) is 69.6 Å². The third-order valence-electron chi connectivity index (χ3n) is 2.67. The van der Waals surface area contributed by atoms with E-state index in [4.69, 9.17) is 0 Å². The molecule has 2 aromatic rings. The minimum absolute atomic E-state index is 0.0318. The van der Waals surface area contributed by atoms with Crippen LogP contribution < -0.4 is 5.32 Å². The first-order chi connectivity index (χ1) is 9.13. The second kappa shape index (κ2) is 5.75. The van der Waals surface area contributed by atoms with E-state index < -0.39 is 11.7 Å². The normalized spacial score (nSPS) is 10.2. The summed E-state index contributed by atoms with van der Waals surface area (Å²) >= 11 is 3.34. The number of benzene rings is 2. The second-order valence-corrected chi connectivity index (χ2v) is 4.48. The van der Waals surface area contributed by atoms with E-state index in [0.717, 1.165) is 5.56 Å². The summed E-state index contributed by atoms with van der Waals surface area (Å²) in [5, 5.41) is 22.3. The second-order valence-electron chi connectivity index (χ2n) is 3.92. The molecule has 4 nitrogen and oxygen atoms in total. The number of phenolic OH excluding ortho intramolecular Hbond substituents is 2. The summed E-state index contributed by atoms with van der Waals surface area (Å²) in [5.41, 5.74) is 1.62. The molecular formula is C14H12BrNO3. The summed E-state index contributed by atoms with van der Waals surface area (Å²) in [4.78, 5) is 12.1. The Kier molecular flexibility index (Phi) is 4.06. The average molecular weight is 322 g/mol. The highest BCUT2D eigenvalue weighted by Crippen LogP contribution is 2.29. The average Bonchev–Trinajstić information content (AvgIpc) is 2.42. The van der Waals surface area contributed by atoms with E-state index in [0.29, 0.717) is 11.0 Å². The number of hydrogen-bond donors (Lipinski definition) is 3. The number of carbonyl (C=O) groups excluding carboxylic acids is 1. The predicted octanol–water partition coefficient (Wildman–Crippen LogP) is 3.25. The molecule has 0 spiro atoms. The van der Waals surface area contributed by atoms with Gasteiger partial charge < -0.3 is 15.5 Å². The number of carbonyl (C=O) groups is 1. The maximum Gasteiger partial charge on any atom is 0.259 e. The van der Waals surface area contributed by atoms with E-state index in [9.17, 15) is 15.0 Å². The van der Waals surface area contributed by atoms with Crippen molar-refractivity contribution in [1.82, 2.24) is 0 Å². The number of anilines is 1. The molecule has 5 heteroatoms. The summed E-state index contributed by atoms with van der Waals surface area (Å²) in [6, 6.07) is 11.6. The Bertz CT molecular complexity index is 613. The Balaban J connectivity index is 2.28. The minimum atomic E-state index is -0.471. The number of amides is 1. The molecule has 0 atom stereocenters. The summed E-state index contributed by atoms with van der Waals surface area (Å²) < 4.78 is 0. The standard InChI is InChI=1S/C14H12BrNO3/c15-8-9-4-1-2-6-11(9)16-14(19)10-5-3-7-12(17)13(10)18/h1-7,17-18H,8H2,(H,16,19). The van der Waals surface area contributed by atoms with Crippen LogP contribution in [0.2, 0.25) is 0 Å². The number of phenols is 2. The molecule has 0 fully saturated rings. The van der Waals surface area contributed by atoms with Crippen LogP contribution in [-0.2, 0) is 5.33 Å². The molecule has 0 saturated heterocycles. The van der Waals surface area contributed by atoms with Gasteiger partial charge in [-0.15, -0.1) is 0 Å². The first kappa shape index (κ1) is 13.4. The third kappa shape index (κ3) is 2.88. The van der Waals surface area contributed by atoms with Crippen LogP contribution in [-0.4, -0.2) is 16.1 Å². The zero-order valence-electron chi connectivity index (χ0n) is 9.93. The molecule has 1 amide bonds. The van der Waals surface area contributed by atoms with Gasteiger partial charge in [0.25, 0.3) is 5.91 Å². The van der Waals surface area contributed by atoms with Crippen molar-refractivity contribution in [3.63, 3.8) is 0 Å². The van der Waals surface area contributed by atoms with Crippen LogP contribution in [0, 0.1) is 0 Å². The maximum atomic E-state index is 12.1. The summed E-state index contributed by atoms with van der Waals surface area (Å²) in [5.74, 6) is -1.21. The third-order valence-corrected chi connectivity index (χ3v) is 3.27. The van der Waals surface area contributed by atoms with Gasteiger partial charge in [0.05, 0.1) is 5.56 Å². The van der Waals surface area contributed by atoms with Gasteiger partial charge in [0.2, 0.25) is 0 Å². The molecule has 0 saturated carbocycles. The molecule has 0 aliphatic carbocycles. The molecule has 0 aromatic heterocycles. The van der Waals surface area contributed by atoms with Gasteiger partial charge in [0.1, 0.15) is 0 Å². The van der Waals surface area contributed by atoms with Crippen molar-refractivity contribution in [2.24, 2.45) is 0 Å². The molecular weight excluding hydrogens is 310 g/mol. The van der Waals surface area contributed by atoms with Crippen LogP contribution >= 0.6 is 15.9 Å². The van der Waals surface area contributed by atoms with Crippen molar-refractivity contribution < 1.29 is 15.0 Å². The molecule has 98 valence electrons. The van der Waals surface area contributed by atoms with Crippen molar-refractivity contribution in [2.75, 3.05) is 5.32 Å². The first-order valence-electron chi connectivity index (χ1n) is 5.59. The Hall–Kier alpha value is -2.01. The number of alkyl halides is 1. The lowest BCUT2D eigenvalue weighted by Gasteiger charge is -2.10. The van der Waals surface area contributed by atoms with Crippen molar-refractivity contribution in [3.8, 4) is 11.5 Å². The number of para-hydroxylation sites is 2. The molecule has 19 heavy (non-hydrogen) atoms. The molecule has 0 bridgehead atoms. The van der Waals surface area contributed by atoms with Gasteiger partial charge in [-0.05, 0) is 23.8 Å². The highest BCUT2D eigenvalue weighted by molar-refractivity contribution is 9.08. The fraction of sp³-hybridized carbons (Fsp3) is 0.0714. The maximum absolute atomic E-state index is 12.1. The van der Waals surface area contributed by atoms with Crippen LogP contribution in [0.1, 0.15) is 15.9 Å². The molecule has 0 heterocycles. The first-order valence-corrected chi connectivity index (χ1v) is 6.71. The van der Waals surface area contributed by atoms with Crippen molar-refractivity contribution in [3.05, 3.63) is 53.6 Å². The van der Waals surface area contributed by atoms with Gasteiger partial charge in [-0.3, -0.25) is 4.79 Å². The van der Waals surface area contributed by atoms with Gasteiger partial charge in [-0.25, -0.2) is 0 Å². The zero-order valence-corrected chi connectivity index (χ0v) is 11.5. The van der Waals surface area contributed by atoms with Gasteiger partial charge in [-0.1, -0.05) is 40.2 Å². The largest absolute Gasteiger partial charge is 0.504 e. The lowest BCUT2D eigenvalue weighted by atomic mass is 10.1. The Morgan fingerprint density at radius 2 is 1.84 bits per heavy atom. The van der Waals surface area contributed by atoms with Crippen LogP contribution in [0.5, 0.6) is 11.5 Å². The number of nitrogens with one attached hydrogen (secondary N) is 1. The van der Waals surface area contributed by atoms with E-state index in [1.165, 1.54) is 18.2 Å². The fourth-order valence-corrected chi connectivity index (χ4v) is 2.15. The van der Waals surface area contributed by atoms with Crippen LogP contribution in [0.3, 0.4) is 0 Å². The molecule has 0 aliphatic heterocycles. The number of aromatic hydroxyl groups is 2. The lowest BCUT2D eigenvalue weighted by molar-refractivity contribution is 0.102. The Morgan fingerprint density at radius 1 is 1.11 bits per heavy atom. The number of hydrogen-bond acceptors (Lipinski definition) is 3. The number of rotatable bonds is 3. The predicted molar refractivity (Wildman–Crippen MR) is 76.8 cm³/mol. The highest BCUT2D eigenvalue weighted by atomic mass is 79.9. The van der Waals surface area contributed by atoms with Crippen LogP contribution in [0.4, 0.5) is 5.69 Å². The van der Waals surface area contributed by atoms with Crippen molar-refractivity contribution >= 4 is 27.5 Å². The van der Waals surface area contributed by atoms with E-state index in [-0.39, 0.29) is 11.3 Å².